The van der Waals surface area contributed by atoms with Gasteiger partial charge in [0.25, 0.3) is 0 Å². The first-order chi connectivity index (χ1) is 7.78. The fourth-order valence-corrected chi connectivity index (χ4v) is 2.65. The van der Waals surface area contributed by atoms with Crippen molar-refractivity contribution in [2.24, 2.45) is 11.3 Å². The molecule has 2 saturated heterocycles. The van der Waals surface area contributed by atoms with Crippen LogP contribution in [0.5, 0.6) is 0 Å². The molecule has 1 unspecified atom stereocenters. The molecular formula is C12H21NO3. The number of carbonyl (C=O) groups excluding carboxylic acids is 1. The van der Waals surface area contributed by atoms with Crippen LogP contribution in [0.25, 0.3) is 0 Å². The summed E-state index contributed by atoms with van der Waals surface area (Å²) >= 11 is 0. The van der Waals surface area contributed by atoms with Gasteiger partial charge >= 0.3 is 0 Å². The topological polar surface area (TPSA) is 49.8 Å². The summed E-state index contributed by atoms with van der Waals surface area (Å²) in [5, 5.41) is 9.06. The smallest absolute Gasteiger partial charge is 0.129 e. The molecule has 0 spiro atoms. The Morgan fingerprint density at radius 3 is 2.69 bits per heavy atom. The second-order valence-electron chi connectivity index (χ2n) is 5.18. The van der Waals surface area contributed by atoms with Crippen molar-refractivity contribution in [2.75, 3.05) is 39.5 Å². The van der Waals surface area contributed by atoms with Crippen LogP contribution in [0.15, 0.2) is 0 Å². The van der Waals surface area contributed by atoms with Crippen LogP contribution in [0.2, 0.25) is 0 Å². The highest BCUT2D eigenvalue weighted by molar-refractivity contribution is 5.60. The average Bonchev–Trinajstić information content (AvgIpc) is 2.79. The Balaban J connectivity index is 1.83. The first kappa shape index (κ1) is 12.0. The third-order valence-corrected chi connectivity index (χ3v) is 3.89. The van der Waals surface area contributed by atoms with Gasteiger partial charge in [-0.1, -0.05) is 0 Å². The lowest BCUT2D eigenvalue weighted by Gasteiger charge is -2.35. The third-order valence-electron chi connectivity index (χ3n) is 3.89. The Kier molecular flexibility index (Phi) is 3.95. The lowest BCUT2D eigenvalue weighted by Crippen LogP contribution is -2.43. The predicted molar refractivity (Wildman–Crippen MR) is 60.2 cm³/mol. The van der Waals surface area contributed by atoms with Crippen LogP contribution in [0.1, 0.15) is 19.3 Å². The van der Waals surface area contributed by atoms with Gasteiger partial charge in [0.05, 0.1) is 12.0 Å². The van der Waals surface area contributed by atoms with Gasteiger partial charge in [0.1, 0.15) is 6.29 Å². The molecule has 0 saturated carbocycles. The lowest BCUT2D eigenvalue weighted by molar-refractivity contribution is -0.117. The van der Waals surface area contributed by atoms with Crippen molar-refractivity contribution >= 4 is 6.29 Å². The molecule has 2 aliphatic heterocycles. The summed E-state index contributed by atoms with van der Waals surface area (Å²) in [5.74, 6) is 0.461. The van der Waals surface area contributed by atoms with Crippen molar-refractivity contribution in [1.82, 2.24) is 4.90 Å². The average molecular weight is 227 g/mol. The van der Waals surface area contributed by atoms with Crippen molar-refractivity contribution < 1.29 is 14.6 Å². The summed E-state index contributed by atoms with van der Waals surface area (Å²) < 4.78 is 5.34. The van der Waals surface area contributed by atoms with E-state index in [2.05, 4.69) is 4.90 Å². The highest BCUT2D eigenvalue weighted by Gasteiger charge is 2.37. The number of rotatable bonds is 4. The maximum atomic E-state index is 11.2. The fourth-order valence-electron chi connectivity index (χ4n) is 2.65. The zero-order valence-corrected chi connectivity index (χ0v) is 9.73. The number of aliphatic hydroxyl groups excluding tert-OH is 1. The van der Waals surface area contributed by atoms with Gasteiger partial charge in [0.2, 0.25) is 0 Å². The molecule has 2 heterocycles. The summed E-state index contributed by atoms with van der Waals surface area (Å²) in [5.41, 5.74) is -0.258. The number of nitrogens with zero attached hydrogens (tertiary/aromatic N) is 1. The monoisotopic (exact) mass is 227 g/mol. The molecule has 16 heavy (non-hydrogen) atoms. The maximum Gasteiger partial charge on any atom is 0.129 e. The van der Waals surface area contributed by atoms with Gasteiger partial charge in [-0.05, 0) is 38.3 Å². The van der Waals surface area contributed by atoms with E-state index in [-0.39, 0.29) is 5.41 Å². The SMILES string of the molecule is O=CC1(CN2CCC(CO)CC2)CCOC1. The van der Waals surface area contributed by atoms with Crippen molar-refractivity contribution in [1.29, 1.82) is 0 Å². The molecule has 4 heteroatoms. The number of hydrogen-bond donors (Lipinski definition) is 1. The van der Waals surface area contributed by atoms with Gasteiger partial charge in [-0.15, -0.1) is 0 Å². The molecule has 1 atom stereocenters. The minimum atomic E-state index is -0.258. The van der Waals surface area contributed by atoms with E-state index in [1.54, 1.807) is 0 Å². The molecule has 2 fully saturated rings. The van der Waals surface area contributed by atoms with E-state index in [1.807, 2.05) is 0 Å². The highest BCUT2D eigenvalue weighted by Crippen LogP contribution is 2.29. The largest absolute Gasteiger partial charge is 0.396 e. The minimum Gasteiger partial charge on any atom is -0.396 e. The quantitative estimate of drug-likeness (QED) is 0.702. The lowest BCUT2D eigenvalue weighted by atomic mass is 9.87. The molecule has 0 aliphatic carbocycles. The van der Waals surface area contributed by atoms with E-state index in [9.17, 15) is 4.79 Å². The normalized spacial score (nSPS) is 33.1. The Morgan fingerprint density at radius 2 is 2.19 bits per heavy atom. The summed E-state index contributed by atoms with van der Waals surface area (Å²) in [6, 6.07) is 0. The number of hydrogen-bond acceptors (Lipinski definition) is 4. The van der Waals surface area contributed by atoms with Crippen LogP contribution in [-0.4, -0.2) is 55.7 Å². The zero-order chi connectivity index (χ0) is 11.4. The highest BCUT2D eigenvalue weighted by atomic mass is 16.5. The molecule has 1 N–H and O–H groups in total. The summed E-state index contributed by atoms with van der Waals surface area (Å²) in [7, 11) is 0. The van der Waals surface area contributed by atoms with Crippen LogP contribution >= 0.6 is 0 Å². The Labute approximate surface area is 96.6 Å². The van der Waals surface area contributed by atoms with Crippen molar-refractivity contribution in [3.63, 3.8) is 0 Å². The minimum absolute atomic E-state index is 0.258. The molecule has 0 aromatic heterocycles. The molecule has 0 aromatic carbocycles. The van der Waals surface area contributed by atoms with E-state index < -0.39 is 0 Å². The maximum absolute atomic E-state index is 11.2. The van der Waals surface area contributed by atoms with Crippen LogP contribution < -0.4 is 0 Å². The Morgan fingerprint density at radius 1 is 1.44 bits per heavy atom. The molecular weight excluding hydrogens is 206 g/mol. The number of aldehydes is 1. The predicted octanol–water partition coefficient (Wildman–Crippen LogP) is 0.296. The molecule has 4 nitrogen and oxygen atoms in total. The zero-order valence-electron chi connectivity index (χ0n) is 9.73. The van der Waals surface area contributed by atoms with Crippen molar-refractivity contribution in [2.45, 2.75) is 19.3 Å². The molecule has 92 valence electrons. The first-order valence-corrected chi connectivity index (χ1v) is 6.15. The molecule has 0 aromatic rings. The second kappa shape index (κ2) is 5.25. The molecule has 0 amide bonds. The number of likely N-dealkylation sites (tertiary alicyclic amines) is 1. The summed E-state index contributed by atoms with van der Waals surface area (Å²) in [6.45, 7) is 4.42. The van der Waals surface area contributed by atoms with Crippen LogP contribution in [0.4, 0.5) is 0 Å². The van der Waals surface area contributed by atoms with Crippen molar-refractivity contribution in [3.05, 3.63) is 0 Å². The van der Waals surface area contributed by atoms with Gasteiger partial charge in [-0.25, -0.2) is 0 Å². The summed E-state index contributed by atoms with van der Waals surface area (Å²) in [4.78, 5) is 13.5. The molecule has 2 rings (SSSR count). The van der Waals surface area contributed by atoms with E-state index in [4.69, 9.17) is 9.84 Å². The van der Waals surface area contributed by atoms with Gasteiger partial charge in [0.15, 0.2) is 0 Å². The van der Waals surface area contributed by atoms with Gasteiger partial charge in [-0.3, -0.25) is 0 Å². The van der Waals surface area contributed by atoms with Gasteiger partial charge < -0.3 is 19.5 Å². The molecule has 0 bridgehead atoms. The first-order valence-electron chi connectivity index (χ1n) is 6.15. The second-order valence-corrected chi connectivity index (χ2v) is 5.18. The van der Waals surface area contributed by atoms with Crippen molar-refractivity contribution in [3.8, 4) is 0 Å². The van der Waals surface area contributed by atoms with Crippen LogP contribution in [0.3, 0.4) is 0 Å². The van der Waals surface area contributed by atoms with E-state index in [0.717, 1.165) is 45.2 Å². The van der Waals surface area contributed by atoms with E-state index in [1.165, 1.54) is 0 Å². The number of aliphatic hydroxyl groups is 1. The molecule has 2 aliphatic rings. The Hall–Kier alpha value is -0.450. The van der Waals surface area contributed by atoms with Gasteiger partial charge in [-0.2, -0.15) is 0 Å². The van der Waals surface area contributed by atoms with Crippen LogP contribution in [0, 0.1) is 11.3 Å². The number of ether oxygens (including phenoxy) is 1. The van der Waals surface area contributed by atoms with Crippen LogP contribution in [-0.2, 0) is 9.53 Å². The summed E-state index contributed by atoms with van der Waals surface area (Å²) in [6.07, 6.45) is 4.03. The van der Waals surface area contributed by atoms with E-state index in [0.29, 0.717) is 25.7 Å². The standard InChI is InChI=1S/C12H21NO3/c14-7-11-1-4-13(5-2-11)8-12(9-15)3-6-16-10-12/h9,11,14H,1-8,10H2. The number of carbonyl (C=O) groups is 1. The molecule has 0 radical (unpaired) electrons. The van der Waals surface area contributed by atoms with Gasteiger partial charge in [0, 0.05) is 19.8 Å². The fraction of sp³-hybridized carbons (Fsp3) is 0.917. The third kappa shape index (κ3) is 2.62. The number of piperidine rings is 1. The van der Waals surface area contributed by atoms with E-state index >= 15 is 0 Å². The Bertz CT molecular complexity index is 230.